The van der Waals surface area contributed by atoms with Crippen LogP contribution in [0.5, 0.6) is 11.5 Å². The smallest absolute Gasteiger partial charge is 0.279 e. The molecule has 1 heterocycles. The molecule has 0 saturated carbocycles. The van der Waals surface area contributed by atoms with E-state index in [4.69, 9.17) is 16.3 Å². The Hall–Kier alpha value is -3.15. The molecule has 1 aromatic heterocycles. The molecule has 4 aromatic rings. The average molecular weight is 435 g/mol. The van der Waals surface area contributed by atoms with Gasteiger partial charge in [0.05, 0.1) is 10.2 Å². The third-order valence-corrected chi connectivity index (χ3v) is 6.07. The SMILES string of the molecule is C=CCn1c(=NC(=O)c2ccc(Oc3ccccc3)cc2)sc2ccc(Cl)c(C)c21. The first kappa shape index (κ1) is 20.1. The fourth-order valence-electron chi connectivity index (χ4n) is 3.14. The number of aryl methyl sites for hydroxylation is 1. The number of fused-ring (bicyclic) bond motifs is 1. The lowest BCUT2D eigenvalue weighted by atomic mass is 10.2. The number of ether oxygens (including phenoxy) is 1. The highest BCUT2D eigenvalue weighted by Gasteiger charge is 2.12. The molecular formula is C24H19ClN2O2S. The summed E-state index contributed by atoms with van der Waals surface area (Å²) in [6.45, 7) is 6.33. The second-order valence-corrected chi connectivity index (χ2v) is 8.08. The van der Waals surface area contributed by atoms with Gasteiger partial charge in [0.15, 0.2) is 4.80 Å². The largest absolute Gasteiger partial charge is 0.457 e. The van der Waals surface area contributed by atoms with Gasteiger partial charge in [-0.25, -0.2) is 0 Å². The van der Waals surface area contributed by atoms with Crippen molar-refractivity contribution in [3.05, 3.63) is 100 Å². The van der Waals surface area contributed by atoms with E-state index < -0.39 is 0 Å². The van der Waals surface area contributed by atoms with Gasteiger partial charge in [-0.2, -0.15) is 4.99 Å². The zero-order chi connectivity index (χ0) is 21.1. The van der Waals surface area contributed by atoms with E-state index in [0.717, 1.165) is 21.5 Å². The van der Waals surface area contributed by atoms with E-state index in [1.54, 1.807) is 30.3 Å². The average Bonchev–Trinajstić information content (AvgIpc) is 3.10. The van der Waals surface area contributed by atoms with E-state index in [1.807, 2.05) is 54.0 Å². The molecule has 0 bridgehead atoms. The molecule has 0 atom stereocenters. The topological polar surface area (TPSA) is 43.6 Å². The van der Waals surface area contributed by atoms with Crippen LogP contribution in [0.25, 0.3) is 10.2 Å². The van der Waals surface area contributed by atoms with Crippen molar-refractivity contribution in [3.63, 3.8) is 0 Å². The number of rotatable bonds is 5. The van der Waals surface area contributed by atoms with Crippen LogP contribution < -0.4 is 9.54 Å². The Morgan fingerprint density at radius 3 is 2.50 bits per heavy atom. The molecular weight excluding hydrogens is 416 g/mol. The standard InChI is InChI=1S/C24H19ClN2O2S/c1-3-15-27-22-16(2)20(25)13-14-21(22)30-24(27)26-23(28)17-9-11-19(12-10-17)29-18-7-5-4-6-8-18/h3-14H,1,15H2,2H3. The number of carbonyl (C=O) groups is 1. The summed E-state index contributed by atoms with van der Waals surface area (Å²) in [6, 6.07) is 20.3. The van der Waals surface area contributed by atoms with E-state index in [2.05, 4.69) is 11.6 Å². The van der Waals surface area contributed by atoms with Crippen LogP contribution in [0.1, 0.15) is 15.9 Å². The van der Waals surface area contributed by atoms with Crippen LogP contribution in [0.3, 0.4) is 0 Å². The Kier molecular flexibility index (Phi) is 5.84. The predicted octanol–water partition coefficient (Wildman–Crippen LogP) is 6.38. The number of hydrogen-bond acceptors (Lipinski definition) is 3. The minimum absolute atomic E-state index is 0.311. The van der Waals surface area contributed by atoms with Crippen LogP contribution in [0.15, 0.2) is 84.4 Å². The van der Waals surface area contributed by atoms with Crippen molar-refractivity contribution in [1.29, 1.82) is 0 Å². The molecule has 4 rings (SSSR count). The number of carbonyl (C=O) groups excluding carboxylic acids is 1. The lowest BCUT2D eigenvalue weighted by molar-refractivity contribution is 0.0998. The van der Waals surface area contributed by atoms with Gasteiger partial charge in [-0.3, -0.25) is 4.79 Å². The second-order valence-electron chi connectivity index (χ2n) is 6.66. The van der Waals surface area contributed by atoms with Gasteiger partial charge in [-0.05, 0) is 61.0 Å². The zero-order valence-corrected chi connectivity index (χ0v) is 17.9. The molecule has 0 spiro atoms. The van der Waals surface area contributed by atoms with Gasteiger partial charge in [0.1, 0.15) is 11.5 Å². The maximum atomic E-state index is 12.8. The van der Waals surface area contributed by atoms with Crippen molar-refractivity contribution in [2.75, 3.05) is 0 Å². The molecule has 6 heteroatoms. The molecule has 0 unspecified atom stereocenters. The Morgan fingerprint density at radius 2 is 1.80 bits per heavy atom. The minimum atomic E-state index is -0.311. The van der Waals surface area contributed by atoms with Gasteiger partial charge in [-0.1, -0.05) is 47.2 Å². The van der Waals surface area contributed by atoms with Crippen molar-refractivity contribution >= 4 is 39.1 Å². The summed E-state index contributed by atoms with van der Waals surface area (Å²) in [6.07, 6.45) is 1.78. The van der Waals surface area contributed by atoms with Crippen LogP contribution in [0, 0.1) is 6.92 Å². The summed E-state index contributed by atoms with van der Waals surface area (Å²) >= 11 is 7.76. The van der Waals surface area contributed by atoms with Gasteiger partial charge in [0.25, 0.3) is 5.91 Å². The number of aromatic nitrogens is 1. The summed E-state index contributed by atoms with van der Waals surface area (Å²) in [7, 11) is 0. The lowest BCUT2D eigenvalue weighted by Crippen LogP contribution is -2.16. The van der Waals surface area contributed by atoms with Gasteiger partial charge in [0.2, 0.25) is 0 Å². The van der Waals surface area contributed by atoms with Crippen molar-refractivity contribution < 1.29 is 9.53 Å². The highest BCUT2D eigenvalue weighted by atomic mass is 35.5. The van der Waals surface area contributed by atoms with E-state index in [0.29, 0.717) is 27.7 Å². The number of allylic oxidation sites excluding steroid dienone is 1. The van der Waals surface area contributed by atoms with Gasteiger partial charge < -0.3 is 9.30 Å². The third-order valence-electron chi connectivity index (χ3n) is 4.62. The summed E-state index contributed by atoms with van der Waals surface area (Å²) in [4.78, 5) is 17.8. The van der Waals surface area contributed by atoms with Crippen molar-refractivity contribution in [2.24, 2.45) is 4.99 Å². The second kappa shape index (κ2) is 8.69. The van der Waals surface area contributed by atoms with Crippen molar-refractivity contribution in [1.82, 2.24) is 4.57 Å². The highest BCUT2D eigenvalue weighted by Crippen LogP contribution is 2.27. The molecule has 0 N–H and O–H groups in total. The maximum Gasteiger partial charge on any atom is 0.279 e. The number of benzene rings is 3. The number of hydrogen-bond donors (Lipinski definition) is 0. The molecule has 3 aromatic carbocycles. The van der Waals surface area contributed by atoms with E-state index in [-0.39, 0.29) is 5.91 Å². The Morgan fingerprint density at radius 1 is 1.10 bits per heavy atom. The molecule has 0 saturated heterocycles. The molecule has 0 aliphatic heterocycles. The Labute approximate surface area is 183 Å². The van der Waals surface area contributed by atoms with Crippen LogP contribution in [-0.4, -0.2) is 10.5 Å². The van der Waals surface area contributed by atoms with E-state index in [1.165, 1.54) is 11.3 Å². The first-order valence-electron chi connectivity index (χ1n) is 9.38. The molecule has 0 fully saturated rings. The highest BCUT2D eigenvalue weighted by molar-refractivity contribution is 7.16. The van der Waals surface area contributed by atoms with Crippen LogP contribution in [0.4, 0.5) is 0 Å². The summed E-state index contributed by atoms with van der Waals surface area (Å²) in [5, 5.41) is 0.685. The monoisotopic (exact) mass is 434 g/mol. The predicted molar refractivity (Wildman–Crippen MR) is 123 cm³/mol. The zero-order valence-electron chi connectivity index (χ0n) is 16.3. The normalized spacial score (nSPS) is 11.6. The first-order chi connectivity index (χ1) is 14.6. The number of halogens is 1. The molecule has 4 nitrogen and oxygen atoms in total. The van der Waals surface area contributed by atoms with Crippen molar-refractivity contribution in [3.8, 4) is 11.5 Å². The number of thiazole rings is 1. The van der Waals surface area contributed by atoms with Gasteiger partial charge >= 0.3 is 0 Å². The fourth-order valence-corrected chi connectivity index (χ4v) is 4.39. The lowest BCUT2D eigenvalue weighted by Gasteiger charge is -2.06. The molecule has 1 amide bonds. The Bertz CT molecular complexity index is 1290. The first-order valence-corrected chi connectivity index (χ1v) is 10.6. The number of para-hydroxylation sites is 1. The molecule has 150 valence electrons. The quantitative estimate of drug-likeness (QED) is 0.342. The molecule has 0 radical (unpaired) electrons. The van der Waals surface area contributed by atoms with E-state index in [9.17, 15) is 4.79 Å². The van der Waals surface area contributed by atoms with Crippen LogP contribution in [0.2, 0.25) is 5.02 Å². The van der Waals surface area contributed by atoms with Gasteiger partial charge in [0, 0.05) is 17.1 Å². The number of nitrogens with zero attached hydrogens (tertiary/aromatic N) is 2. The Balaban J connectivity index is 1.67. The third kappa shape index (κ3) is 4.08. The van der Waals surface area contributed by atoms with E-state index >= 15 is 0 Å². The summed E-state index contributed by atoms with van der Waals surface area (Å²) in [5.41, 5.74) is 2.43. The van der Waals surface area contributed by atoms with Crippen LogP contribution >= 0.6 is 22.9 Å². The van der Waals surface area contributed by atoms with Gasteiger partial charge in [-0.15, -0.1) is 6.58 Å². The molecule has 0 aliphatic carbocycles. The summed E-state index contributed by atoms with van der Waals surface area (Å²) < 4.78 is 8.78. The summed E-state index contributed by atoms with van der Waals surface area (Å²) in [5.74, 6) is 1.09. The van der Waals surface area contributed by atoms with Crippen LogP contribution in [-0.2, 0) is 6.54 Å². The molecule has 0 aliphatic rings. The maximum absolute atomic E-state index is 12.8. The van der Waals surface area contributed by atoms with Crippen molar-refractivity contribution in [2.45, 2.75) is 13.5 Å². The number of amides is 1. The minimum Gasteiger partial charge on any atom is -0.457 e. The fraction of sp³-hybridized carbons (Fsp3) is 0.0833. The molecule has 30 heavy (non-hydrogen) atoms.